The van der Waals surface area contributed by atoms with E-state index in [4.69, 9.17) is 16.3 Å². The molecule has 1 atom stereocenters. The summed E-state index contributed by atoms with van der Waals surface area (Å²) in [6, 6.07) is 13.3. The minimum absolute atomic E-state index is 0.0220. The van der Waals surface area contributed by atoms with Gasteiger partial charge in [0, 0.05) is 23.9 Å². The highest BCUT2D eigenvalue weighted by Gasteiger charge is 2.38. The normalized spacial score (nSPS) is 18.7. The van der Waals surface area contributed by atoms with Crippen LogP contribution in [-0.4, -0.2) is 27.1 Å². The van der Waals surface area contributed by atoms with E-state index in [1.165, 1.54) is 17.8 Å². The molecule has 5 nitrogen and oxygen atoms in total. The van der Waals surface area contributed by atoms with Gasteiger partial charge in [0.05, 0.1) is 20.5 Å². The van der Waals surface area contributed by atoms with Crippen LogP contribution in [0.25, 0.3) is 0 Å². The first-order valence-electron chi connectivity index (χ1n) is 10.1. The zero-order valence-corrected chi connectivity index (χ0v) is 21.0. The van der Waals surface area contributed by atoms with Crippen molar-refractivity contribution in [2.45, 2.75) is 38.4 Å². The fourth-order valence-electron chi connectivity index (χ4n) is 3.39. The predicted octanol–water partition coefficient (Wildman–Crippen LogP) is 6.50. The number of nitrogens with one attached hydrogen (secondary N) is 2. The Kier molecular flexibility index (Phi) is 7.12. The van der Waals surface area contributed by atoms with Crippen LogP contribution < -0.4 is 14.8 Å². The highest BCUT2D eigenvalue weighted by molar-refractivity contribution is 8.02. The molecule has 1 fully saturated rings. The van der Waals surface area contributed by atoms with E-state index in [0.29, 0.717) is 28.7 Å². The topological polar surface area (TPSA) is 67.4 Å². The highest BCUT2D eigenvalue weighted by Crippen LogP contribution is 2.41. The second-order valence-corrected chi connectivity index (χ2v) is 12.6. The average Bonchev–Trinajstić information content (AvgIpc) is 3.38. The molecule has 1 aliphatic rings. The van der Waals surface area contributed by atoms with Gasteiger partial charge in [-0.25, -0.2) is 8.42 Å². The lowest BCUT2D eigenvalue weighted by Gasteiger charge is -2.27. The lowest BCUT2D eigenvalue weighted by atomic mass is 10.1. The van der Waals surface area contributed by atoms with Gasteiger partial charge in [0.2, 0.25) is 0 Å². The van der Waals surface area contributed by atoms with Crippen molar-refractivity contribution in [1.29, 1.82) is 0 Å². The molecule has 0 saturated carbocycles. The van der Waals surface area contributed by atoms with Crippen molar-refractivity contribution in [3.63, 3.8) is 0 Å². The van der Waals surface area contributed by atoms with Crippen molar-refractivity contribution >= 4 is 50.4 Å². The van der Waals surface area contributed by atoms with Crippen molar-refractivity contribution in [2.24, 2.45) is 0 Å². The molecule has 0 unspecified atom stereocenters. The largest absolute Gasteiger partial charge is 0.485 e. The summed E-state index contributed by atoms with van der Waals surface area (Å²) >= 11 is 8.53. The summed E-state index contributed by atoms with van der Waals surface area (Å²) in [5.74, 6) is -0.417. The van der Waals surface area contributed by atoms with Crippen molar-refractivity contribution in [1.82, 2.24) is 5.32 Å². The molecule has 12 heteroatoms. The third-order valence-electron chi connectivity index (χ3n) is 5.09. The molecular formula is C22H20ClF3N2O3S3. The van der Waals surface area contributed by atoms with Gasteiger partial charge in [-0.15, -0.1) is 11.3 Å². The SMILES string of the molecule is C[C@@]1(Oc2cc(NS(=O)(=O)c3ccc(Sc4ccccc4Cl)s3)ccc2C(F)(F)F)CCNC1. The van der Waals surface area contributed by atoms with Crippen LogP contribution in [0.3, 0.4) is 0 Å². The van der Waals surface area contributed by atoms with E-state index in [0.717, 1.165) is 34.4 Å². The zero-order valence-electron chi connectivity index (χ0n) is 17.8. The van der Waals surface area contributed by atoms with Gasteiger partial charge >= 0.3 is 6.18 Å². The van der Waals surface area contributed by atoms with Crippen LogP contribution in [0.1, 0.15) is 18.9 Å². The van der Waals surface area contributed by atoms with E-state index in [-0.39, 0.29) is 9.90 Å². The van der Waals surface area contributed by atoms with Crippen molar-refractivity contribution in [3.8, 4) is 5.75 Å². The van der Waals surface area contributed by atoms with E-state index in [1.807, 2.05) is 12.1 Å². The molecule has 2 N–H and O–H groups in total. The molecule has 2 heterocycles. The van der Waals surface area contributed by atoms with Gasteiger partial charge in [-0.05, 0) is 49.9 Å². The summed E-state index contributed by atoms with van der Waals surface area (Å²) in [6.45, 7) is 2.73. The molecule has 1 aromatic heterocycles. The minimum Gasteiger partial charge on any atom is -0.485 e. The van der Waals surface area contributed by atoms with Crippen LogP contribution in [-0.2, 0) is 16.2 Å². The van der Waals surface area contributed by atoms with Gasteiger partial charge in [0.1, 0.15) is 15.6 Å². The average molecular weight is 549 g/mol. The highest BCUT2D eigenvalue weighted by atomic mass is 35.5. The second-order valence-electron chi connectivity index (χ2n) is 7.90. The number of halogens is 4. The number of hydrogen-bond donors (Lipinski definition) is 2. The maximum absolute atomic E-state index is 13.5. The standard InChI is InChI=1S/C22H20ClF3N2O3S3/c1-21(10-11-27-13-21)31-17-12-14(6-7-15(17)22(24,25)26)28-34(29,30)20-9-8-19(33-20)32-18-5-3-2-4-16(18)23/h2-9,12,27-28H,10-11,13H2,1H3/t21-/m1/s1. The number of thiophene rings is 1. The fourth-order valence-corrected chi connectivity index (χ4v) is 7.26. The molecule has 1 aliphatic heterocycles. The first-order chi connectivity index (χ1) is 16.0. The van der Waals surface area contributed by atoms with E-state index < -0.39 is 33.1 Å². The van der Waals surface area contributed by atoms with Crippen LogP contribution in [0, 0.1) is 0 Å². The maximum atomic E-state index is 13.5. The summed E-state index contributed by atoms with van der Waals surface area (Å²) < 4.78 is 75.3. The Morgan fingerprint density at radius 2 is 1.94 bits per heavy atom. The predicted molar refractivity (Wildman–Crippen MR) is 129 cm³/mol. The van der Waals surface area contributed by atoms with Crippen LogP contribution in [0.15, 0.2) is 67.9 Å². The Bertz CT molecular complexity index is 1290. The van der Waals surface area contributed by atoms with E-state index in [9.17, 15) is 21.6 Å². The molecule has 1 saturated heterocycles. The van der Waals surface area contributed by atoms with Crippen LogP contribution in [0.4, 0.5) is 18.9 Å². The van der Waals surface area contributed by atoms with Crippen molar-refractivity contribution in [3.05, 3.63) is 65.2 Å². The molecule has 0 bridgehead atoms. The maximum Gasteiger partial charge on any atom is 0.419 e. The summed E-state index contributed by atoms with van der Waals surface area (Å²) in [6.07, 6.45) is -4.12. The third-order valence-corrected chi connectivity index (χ3v) is 9.70. The first-order valence-corrected chi connectivity index (χ1v) is 13.6. The lowest BCUT2D eigenvalue weighted by Crippen LogP contribution is -2.35. The fraction of sp³-hybridized carbons (Fsp3) is 0.273. The number of alkyl halides is 3. The number of ether oxygens (including phenoxy) is 1. The number of hydrogen-bond acceptors (Lipinski definition) is 6. The van der Waals surface area contributed by atoms with Crippen LogP contribution >= 0.6 is 34.7 Å². The van der Waals surface area contributed by atoms with Gasteiger partial charge < -0.3 is 10.1 Å². The quantitative estimate of drug-likeness (QED) is 0.352. The van der Waals surface area contributed by atoms with E-state index in [1.54, 1.807) is 25.1 Å². The van der Waals surface area contributed by atoms with Gasteiger partial charge in [-0.2, -0.15) is 13.2 Å². The van der Waals surface area contributed by atoms with Gasteiger partial charge in [-0.1, -0.05) is 35.5 Å². The minimum atomic E-state index is -4.65. The first kappa shape index (κ1) is 25.2. The second kappa shape index (κ2) is 9.62. The molecule has 0 amide bonds. The molecule has 0 spiro atoms. The molecule has 34 heavy (non-hydrogen) atoms. The molecule has 182 valence electrons. The van der Waals surface area contributed by atoms with Crippen LogP contribution in [0.5, 0.6) is 5.75 Å². The van der Waals surface area contributed by atoms with Crippen molar-refractivity contribution < 1.29 is 26.3 Å². The van der Waals surface area contributed by atoms with E-state index in [2.05, 4.69) is 10.0 Å². The monoisotopic (exact) mass is 548 g/mol. The number of sulfonamides is 1. The summed E-state index contributed by atoms with van der Waals surface area (Å²) in [4.78, 5) is 0.780. The van der Waals surface area contributed by atoms with Gasteiger partial charge in [0.25, 0.3) is 10.0 Å². The number of anilines is 1. The molecule has 4 rings (SSSR count). The summed E-state index contributed by atoms with van der Waals surface area (Å²) in [5, 5.41) is 3.61. The Labute approximate surface area is 208 Å². The molecule has 2 aromatic carbocycles. The Morgan fingerprint density at radius 1 is 1.18 bits per heavy atom. The zero-order chi connectivity index (χ0) is 24.6. The van der Waals surface area contributed by atoms with E-state index >= 15 is 0 Å². The number of rotatable bonds is 7. The molecule has 0 radical (unpaired) electrons. The van der Waals surface area contributed by atoms with Gasteiger partial charge in [0.15, 0.2) is 0 Å². The summed E-state index contributed by atoms with van der Waals surface area (Å²) in [7, 11) is -4.03. The summed E-state index contributed by atoms with van der Waals surface area (Å²) in [5.41, 5.74) is -1.81. The number of benzene rings is 2. The molecule has 0 aliphatic carbocycles. The molecular weight excluding hydrogens is 529 g/mol. The van der Waals surface area contributed by atoms with Crippen molar-refractivity contribution in [2.75, 3.05) is 17.8 Å². The lowest BCUT2D eigenvalue weighted by molar-refractivity contribution is -0.139. The Hall–Kier alpha value is -1.92. The Morgan fingerprint density at radius 3 is 2.62 bits per heavy atom. The smallest absolute Gasteiger partial charge is 0.419 e. The molecule has 3 aromatic rings. The van der Waals surface area contributed by atoms with Gasteiger partial charge in [-0.3, -0.25) is 4.72 Å². The third kappa shape index (κ3) is 5.83. The van der Waals surface area contributed by atoms with Crippen LogP contribution in [0.2, 0.25) is 5.02 Å². The Balaban J connectivity index is 1.57.